The fourth-order valence-corrected chi connectivity index (χ4v) is 2.76. The zero-order valence-electron chi connectivity index (χ0n) is 10.6. The molecule has 1 saturated heterocycles. The van der Waals surface area contributed by atoms with Gasteiger partial charge in [-0.2, -0.15) is 0 Å². The highest BCUT2D eigenvalue weighted by atomic mass is 32.2. The molecule has 0 aliphatic carbocycles. The van der Waals surface area contributed by atoms with Crippen LogP contribution in [0.5, 0.6) is 0 Å². The van der Waals surface area contributed by atoms with Crippen molar-refractivity contribution in [3.05, 3.63) is 35.9 Å². The van der Waals surface area contributed by atoms with Gasteiger partial charge in [-0.15, -0.1) is 11.8 Å². The van der Waals surface area contributed by atoms with Crippen LogP contribution in [0.4, 0.5) is 0 Å². The van der Waals surface area contributed by atoms with Crippen molar-refractivity contribution in [3.8, 4) is 0 Å². The van der Waals surface area contributed by atoms with E-state index < -0.39 is 17.9 Å². The number of aliphatic carboxylic acids is 1. The van der Waals surface area contributed by atoms with Crippen molar-refractivity contribution in [2.45, 2.75) is 6.04 Å². The van der Waals surface area contributed by atoms with E-state index in [1.807, 2.05) is 0 Å². The van der Waals surface area contributed by atoms with Gasteiger partial charge in [0, 0.05) is 0 Å². The van der Waals surface area contributed by atoms with Gasteiger partial charge in [0.2, 0.25) is 11.8 Å². The van der Waals surface area contributed by atoms with Crippen molar-refractivity contribution in [3.63, 3.8) is 0 Å². The van der Waals surface area contributed by atoms with Crippen LogP contribution in [0.2, 0.25) is 0 Å². The summed E-state index contributed by atoms with van der Waals surface area (Å²) in [6.45, 7) is -0.109. The summed E-state index contributed by atoms with van der Waals surface area (Å²) in [6.07, 6.45) is 0. The maximum absolute atomic E-state index is 11.9. The molecular weight excluding hydrogens is 280 g/mol. The summed E-state index contributed by atoms with van der Waals surface area (Å²) in [6, 6.07) is 7.35. The van der Waals surface area contributed by atoms with E-state index in [1.54, 1.807) is 30.3 Å². The topological polar surface area (TPSA) is 86.7 Å². The summed E-state index contributed by atoms with van der Waals surface area (Å²) in [5.74, 6) is -0.871. The molecule has 0 saturated carbocycles. The summed E-state index contributed by atoms with van der Waals surface area (Å²) >= 11 is 1.43. The number of hydrogen-bond donors (Lipinski definition) is 2. The maximum Gasteiger partial charge on any atom is 0.330 e. The normalized spacial score (nSPS) is 16.0. The van der Waals surface area contributed by atoms with Gasteiger partial charge in [0.05, 0.1) is 11.6 Å². The van der Waals surface area contributed by atoms with E-state index in [1.165, 1.54) is 16.7 Å². The molecule has 1 atom stereocenters. The molecule has 0 bridgehead atoms. The van der Waals surface area contributed by atoms with Gasteiger partial charge in [0.1, 0.15) is 6.54 Å². The summed E-state index contributed by atoms with van der Waals surface area (Å²) in [5, 5.41) is 11.6. The van der Waals surface area contributed by atoms with Crippen LogP contribution in [0.25, 0.3) is 0 Å². The monoisotopic (exact) mass is 294 g/mol. The number of hydrogen-bond acceptors (Lipinski definition) is 4. The quantitative estimate of drug-likeness (QED) is 0.824. The highest BCUT2D eigenvalue weighted by Gasteiger charge is 2.26. The standard InChI is InChI=1S/C13H14N2O4S/c16-10(6-15-8-20-7-11(15)17)14-12(13(18)19)9-4-2-1-3-5-9/h1-5,12H,6-8H2,(H,14,16)(H,18,19)/t12-/m0/s1. The van der Waals surface area contributed by atoms with Crippen molar-refractivity contribution in [1.29, 1.82) is 0 Å². The number of benzene rings is 1. The minimum atomic E-state index is -1.13. The minimum absolute atomic E-state index is 0.100. The van der Waals surface area contributed by atoms with Crippen molar-refractivity contribution in [1.82, 2.24) is 10.2 Å². The average molecular weight is 294 g/mol. The minimum Gasteiger partial charge on any atom is -0.479 e. The lowest BCUT2D eigenvalue weighted by atomic mass is 10.1. The SMILES string of the molecule is O=C(CN1CSCC1=O)N[C@H](C(=O)O)c1ccccc1. The Hall–Kier alpha value is -2.02. The fraction of sp³-hybridized carbons (Fsp3) is 0.308. The van der Waals surface area contributed by atoms with E-state index in [9.17, 15) is 19.5 Å². The molecule has 1 fully saturated rings. The fourth-order valence-electron chi connectivity index (χ4n) is 1.85. The lowest BCUT2D eigenvalue weighted by molar-refractivity contribution is -0.142. The van der Waals surface area contributed by atoms with Crippen LogP contribution in [0.15, 0.2) is 30.3 Å². The third kappa shape index (κ3) is 3.51. The maximum atomic E-state index is 11.9. The molecule has 0 radical (unpaired) electrons. The summed E-state index contributed by atoms with van der Waals surface area (Å²) < 4.78 is 0. The number of nitrogens with one attached hydrogen (secondary N) is 1. The Morgan fingerprint density at radius 2 is 2.05 bits per heavy atom. The predicted octanol–water partition coefficient (Wildman–Crippen LogP) is 0.461. The number of amides is 2. The van der Waals surface area contributed by atoms with Crippen LogP contribution >= 0.6 is 11.8 Å². The van der Waals surface area contributed by atoms with Crippen LogP contribution < -0.4 is 5.32 Å². The van der Waals surface area contributed by atoms with Gasteiger partial charge >= 0.3 is 5.97 Å². The van der Waals surface area contributed by atoms with Gasteiger partial charge in [0.15, 0.2) is 6.04 Å². The Balaban J connectivity index is 2.00. The lowest BCUT2D eigenvalue weighted by Crippen LogP contribution is -2.41. The van der Waals surface area contributed by atoms with Gasteiger partial charge < -0.3 is 15.3 Å². The molecule has 0 unspecified atom stereocenters. The van der Waals surface area contributed by atoms with Gasteiger partial charge in [-0.05, 0) is 5.56 Å². The Kier molecular flexibility index (Phi) is 4.62. The third-order valence-corrected chi connectivity index (χ3v) is 3.79. The molecule has 2 N–H and O–H groups in total. The predicted molar refractivity (Wildman–Crippen MR) is 74.0 cm³/mol. The molecule has 0 aromatic heterocycles. The molecule has 106 valence electrons. The first-order valence-corrected chi connectivity index (χ1v) is 7.16. The summed E-state index contributed by atoms with van der Waals surface area (Å²) in [4.78, 5) is 35.9. The van der Waals surface area contributed by atoms with Crippen LogP contribution in [-0.2, 0) is 14.4 Å². The van der Waals surface area contributed by atoms with E-state index in [0.29, 0.717) is 17.2 Å². The van der Waals surface area contributed by atoms with E-state index >= 15 is 0 Å². The first kappa shape index (κ1) is 14.4. The zero-order valence-corrected chi connectivity index (χ0v) is 11.4. The van der Waals surface area contributed by atoms with E-state index in [-0.39, 0.29) is 12.5 Å². The summed E-state index contributed by atoms with van der Waals surface area (Å²) in [5.41, 5.74) is 0.496. The molecule has 2 amide bonds. The first-order chi connectivity index (χ1) is 9.58. The van der Waals surface area contributed by atoms with E-state index in [0.717, 1.165) is 0 Å². The van der Waals surface area contributed by atoms with Crippen molar-refractivity contribution >= 4 is 29.5 Å². The lowest BCUT2D eigenvalue weighted by Gasteiger charge is -2.18. The second-order valence-electron chi connectivity index (χ2n) is 4.32. The molecular formula is C13H14N2O4S. The molecule has 20 heavy (non-hydrogen) atoms. The Labute approximate surface area is 120 Å². The number of carbonyl (C=O) groups excluding carboxylic acids is 2. The number of rotatable bonds is 5. The molecule has 1 aliphatic rings. The first-order valence-electron chi connectivity index (χ1n) is 6.00. The molecule has 1 aromatic carbocycles. The van der Waals surface area contributed by atoms with Gasteiger partial charge in [-0.3, -0.25) is 9.59 Å². The number of thioether (sulfide) groups is 1. The van der Waals surface area contributed by atoms with Crippen molar-refractivity contribution < 1.29 is 19.5 Å². The van der Waals surface area contributed by atoms with Crippen molar-refractivity contribution in [2.24, 2.45) is 0 Å². The van der Waals surface area contributed by atoms with E-state index in [4.69, 9.17) is 0 Å². The number of carbonyl (C=O) groups is 3. The summed E-state index contributed by atoms with van der Waals surface area (Å²) in [7, 11) is 0. The van der Waals surface area contributed by atoms with Crippen LogP contribution in [0.3, 0.4) is 0 Å². The molecule has 2 rings (SSSR count). The van der Waals surface area contributed by atoms with Crippen molar-refractivity contribution in [2.75, 3.05) is 18.2 Å². The molecule has 6 nitrogen and oxygen atoms in total. The van der Waals surface area contributed by atoms with Gasteiger partial charge in [-0.25, -0.2) is 4.79 Å². The number of nitrogens with zero attached hydrogens (tertiary/aromatic N) is 1. The third-order valence-electron chi connectivity index (χ3n) is 2.85. The zero-order chi connectivity index (χ0) is 14.5. The molecule has 0 spiro atoms. The van der Waals surface area contributed by atoms with Crippen LogP contribution in [0.1, 0.15) is 11.6 Å². The second-order valence-corrected chi connectivity index (χ2v) is 5.27. The highest BCUT2D eigenvalue weighted by molar-refractivity contribution is 8.00. The Bertz CT molecular complexity index is 520. The average Bonchev–Trinajstić information content (AvgIpc) is 2.82. The van der Waals surface area contributed by atoms with Gasteiger partial charge in [-0.1, -0.05) is 30.3 Å². The van der Waals surface area contributed by atoms with E-state index in [2.05, 4.69) is 5.32 Å². The van der Waals surface area contributed by atoms with Crippen LogP contribution in [0, 0.1) is 0 Å². The Morgan fingerprint density at radius 1 is 1.35 bits per heavy atom. The number of carboxylic acid groups (broad SMARTS) is 1. The van der Waals surface area contributed by atoms with Gasteiger partial charge in [0.25, 0.3) is 0 Å². The van der Waals surface area contributed by atoms with Crippen LogP contribution in [-0.4, -0.2) is 46.0 Å². The molecule has 1 aromatic rings. The second kappa shape index (κ2) is 6.42. The molecule has 1 heterocycles. The number of carboxylic acids is 1. The smallest absolute Gasteiger partial charge is 0.330 e. The molecule has 1 aliphatic heterocycles. The Morgan fingerprint density at radius 3 is 2.60 bits per heavy atom. The highest BCUT2D eigenvalue weighted by Crippen LogP contribution is 2.15. The largest absolute Gasteiger partial charge is 0.479 e. The molecule has 7 heteroatoms.